The fourth-order valence-electron chi connectivity index (χ4n) is 4.15. The summed E-state index contributed by atoms with van der Waals surface area (Å²) in [7, 11) is -3.56. The number of ether oxygens (including phenoxy) is 2. The highest BCUT2D eigenvalue weighted by atomic mass is 32.2. The Morgan fingerprint density at radius 1 is 1.14 bits per heavy atom. The molecular weight excluding hydrogens is 480 g/mol. The largest absolute Gasteiger partial charge is 0.481 e. The van der Waals surface area contributed by atoms with Gasteiger partial charge in [-0.25, -0.2) is 8.42 Å². The molecule has 7 nitrogen and oxygen atoms in total. The van der Waals surface area contributed by atoms with Crippen LogP contribution in [0.5, 0.6) is 11.5 Å². The highest BCUT2D eigenvalue weighted by Crippen LogP contribution is 2.49. The van der Waals surface area contributed by atoms with Gasteiger partial charge in [-0.2, -0.15) is 8.78 Å². The Kier molecular flexibility index (Phi) is 6.93. The van der Waals surface area contributed by atoms with Crippen LogP contribution in [0.1, 0.15) is 35.6 Å². The molecule has 4 rings (SSSR count). The number of alkyl halides is 2. The van der Waals surface area contributed by atoms with Crippen LogP contribution in [0.3, 0.4) is 0 Å². The Balaban J connectivity index is 1.80. The van der Waals surface area contributed by atoms with E-state index >= 15 is 0 Å². The number of hydrogen-bond acceptors (Lipinski definition) is 5. The average Bonchev–Trinajstić information content (AvgIpc) is 2.77. The van der Waals surface area contributed by atoms with Crippen molar-refractivity contribution in [1.29, 1.82) is 0 Å². The van der Waals surface area contributed by atoms with Gasteiger partial charge in [0.1, 0.15) is 17.6 Å². The first-order chi connectivity index (χ1) is 16.6. The number of carbonyl (C=O) groups is 1. The Morgan fingerprint density at radius 3 is 2.63 bits per heavy atom. The van der Waals surface area contributed by atoms with E-state index in [1.807, 2.05) is 24.3 Å². The van der Waals surface area contributed by atoms with Gasteiger partial charge in [0.2, 0.25) is 10.0 Å². The van der Waals surface area contributed by atoms with Crippen LogP contribution in [0, 0.1) is 0 Å². The van der Waals surface area contributed by atoms with Crippen LogP contribution in [-0.2, 0) is 21.2 Å². The summed E-state index contributed by atoms with van der Waals surface area (Å²) in [5.41, 5.74) is 3.46. The molecule has 0 spiro atoms. The molecule has 0 radical (unpaired) electrons. The Bertz CT molecular complexity index is 1360. The molecule has 0 fully saturated rings. The number of hydrogen-bond donors (Lipinski definition) is 2. The maximum absolute atomic E-state index is 13.1. The number of sulfonamides is 1. The van der Waals surface area contributed by atoms with E-state index in [0.717, 1.165) is 17.4 Å². The molecule has 0 aromatic heterocycles. The number of fused-ring (bicyclic) bond motifs is 3. The highest BCUT2D eigenvalue weighted by molar-refractivity contribution is 7.92. The number of carboxylic acid groups (broad SMARTS) is 1. The predicted octanol–water partition coefficient (Wildman–Crippen LogP) is 5.22. The number of aryl methyl sites for hydroxylation is 1. The maximum atomic E-state index is 13.1. The van der Waals surface area contributed by atoms with Crippen molar-refractivity contribution in [2.24, 2.45) is 0 Å². The number of aliphatic carboxylic acids is 1. The van der Waals surface area contributed by atoms with E-state index in [1.54, 1.807) is 30.3 Å². The molecule has 1 unspecified atom stereocenters. The van der Waals surface area contributed by atoms with Gasteiger partial charge in [-0.3, -0.25) is 9.52 Å². The molecule has 1 aliphatic heterocycles. The lowest BCUT2D eigenvalue weighted by Crippen LogP contribution is -2.18. The molecule has 0 aliphatic carbocycles. The Hall–Kier alpha value is -3.66. The van der Waals surface area contributed by atoms with E-state index in [-0.39, 0.29) is 12.2 Å². The second-order valence-electron chi connectivity index (χ2n) is 8.17. The second-order valence-corrected chi connectivity index (χ2v) is 9.92. The summed E-state index contributed by atoms with van der Waals surface area (Å²) in [5.74, 6) is -0.570. The van der Waals surface area contributed by atoms with Crippen molar-refractivity contribution in [3.05, 3.63) is 77.4 Å². The summed E-state index contributed by atoms with van der Waals surface area (Å²) < 4.78 is 63.2. The molecule has 3 aromatic carbocycles. The van der Waals surface area contributed by atoms with Crippen molar-refractivity contribution in [3.8, 4) is 22.6 Å². The summed E-state index contributed by atoms with van der Waals surface area (Å²) in [5, 5.41) is 8.91. The first-order valence-electron chi connectivity index (χ1n) is 10.8. The smallest absolute Gasteiger partial charge is 0.387 e. The number of benzene rings is 3. The third kappa shape index (κ3) is 5.89. The molecule has 184 valence electrons. The molecule has 1 atom stereocenters. The van der Waals surface area contributed by atoms with E-state index in [4.69, 9.17) is 14.6 Å². The van der Waals surface area contributed by atoms with Crippen LogP contribution in [0.25, 0.3) is 11.1 Å². The Labute approximate surface area is 201 Å². The van der Waals surface area contributed by atoms with Crippen LogP contribution < -0.4 is 14.2 Å². The monoisotopic (exact) mass is 503 g/mol. The second kappa shape index (κ2) is 9.91. The van der Waals surface area contributed by atoms with Crippen LogP contribution >= 0.6 is 0 Å². The predicted molar refractivity (Wildman–Crippen MR) is 126 cm³/mol. The van der Waals surface area contributed by atoms with Crippen molar-refractivity contribution in [1.82, 2.24) is 0 Å². The minimum atomic E-state index is -3.56. The SMILES string of the molecule is CS(=O)(=O)Nc1ccc2c(c1)C(c1cccc(CCCC(=O)O)c1)Oc1cccc(OC(F)F)c1-2. The average molecular weight is 504 g/mol. The molecule has 35 heavy (non-hydrogen) atoms. The van der Waals surface area contributed by atoms with Gasteiger partial charge in [0.15, 0.2) is 0 Å². The van der Waals surface area contributed by atoms with Gasteiger partial charge in [0, 0.05) is 17.7 Å². The molecule has 0 amide bonds. The van der Waals surface area contributed by atoms with Crippen molar-refractivity contribution >= 4 is 21.7 Å². The number of rotatable bonds is 9. The highest BCUT2D eigenvalue weighted by Gasteiger charge is 2.31. The topological polar surface area (TPSA) is 102 Å². The van der Waals surface area contributed by atoms with Gasteiger partial charge in [-0.15, -0.1) is 0 Å². The van der Waals surface area contributed by atoms with Crippen LogP contribution in [0.2, 0.25) is 0 Å². The van der Waals surface area contributed by atoms with Crippen LogP contribution in [0.15, 0.2) is 60.7 Å². The van der Waals surface area contributed by atoms with Crippen molar-refractivity contribution in [2.75, 3.05) is 11.0 Å². The summed E-state index contributed by atoms with van der Waals surface area (Å²) in [6.45, 7) is -3.03. The lowest BCUT2D eigenvalue weighted by atomic mass is 9.88. The minimum Gasteiger partial charge on any atom is -0.481 e. The van der Waals surface area contributed by atoms with E-state index in [0.29, 0.717) is 41.0 Å². The fraction of sp³-hybridized carbons (Fsp3) is 0.240. The van der Waals surface area contributed by atoms with Gasteiger partial charge in [0.25, 0.3) is 0 Å². The van der Waals surface area contributed by atoms with Crippen molar-refractivity contribution in [3.63, 3.8) is 0 Å². The number of nitrogens with one attached hydrogen (secondary N) is 1. The molecular formula is C25H23F2NO6S. The number of carboxylic acids is 1. The van der Waals surface area contributed by atoms with Gasteiger partial charge in [-0.05, 0) is 53.8 Å². The van der Waals surface area contributed by atoms with E-state index in [9.17, 15) is 22.0 Å². The summed E-state index contributed by atoms with van der Waals surface area (Å²) in [4.78, 5) is 10.9. The fourth-order valence-corrected chi connectivity index (χ4v) is 4.70. The van der Waals surface area contributed by atoms with E-state index in [1.165, 1.54) is 6.07 Å². The lowest BCUT2D eigenvalue weighted by Gasteiger charge is -2.31. The normalized spacial score (nSPS) is 14.6. The van der Waals surface area contributed by atoms with Crippen molar-refractivity contribution in [2.45, 2.75) is 32.0 Å². The molecule has 0 bridgehead atoms. The third-order valence-corrected chi connectivity index (χ3v) is 6.07. The molecule has 1 aliphatic rings. The summed E-state index contributed by atoms with van der Waals surface area (Å²) in [6.07, 6.45) is 1.44. The third-order valence-electron chi connectivity index (χ3n) is 5.47. The van der Waals surface area contributed by atoms with Gasteiger partial charge in [0.05, 0.1) is 11.8 Å². The quantitative estimate of drug-likeness (QED) is 0.415. The standard InChI is InChI=1S/C25H23F2NO6S/c1-35(31,32)28-17-11-12-18-19(14-17)24(16-7-2-5-15(13-16)6-3-10-22(29)30)33-20-8-4-9-21(23(18)20)34-25(26)27/h2,4-5,7-9,11-14,24-25,28H,3,6,10H2,1H3,(H,29,30). The molecule has 2 N–H and O–H groups in total. The van der Waals surface area contributed by atoms with Gasteiger partial charge < -0.3 is 14.6 Å². The zero-order chi connectivity index (χ0) is 25.2. The summed E-state index contributed by atoms with van der Waals surface area (Å²) >= 11 is 0. The molecule has 3 aromatic rings. The van der Waals surface area contributed by atoms with Crippen molar-refractivity contribution < 1.29 is 36.6 Å². The zero-order valence-electron chi connectivity index (χ0n) is 18.7. The summed E-state index contributed by atoms with van der Waals surface area (Å²) in [6, 6.07) is 16.9. The molecule has 0 saturated carbocycles. The van der Waals surface area contributed by atoms with Gasteiger partial charge in [-0.1, -0.05) is 36.4 Å². The molecule has 0 saturated heterocycles. The number of anilines is 1. The minimum absolute atomic E-state index is 0.0494. The van der Waals surface area contributed by atoms with Gasteiger partial charge >= 0.3 is 12.6 Å². The first-order valence-corrected chi connectivity index (χ1v) is 12.7. The maximum Gasteiger partial charge on any atom is 0.387 e. The van der Waals surface area contributed by atoms with E-state index in [2.05, 4.69) is 4.72 Å². The van der Waals surface area contributed by atoms with E-state index < -0.39 is 28.7 Å². The van der Waals surface area contributed by atoms with Crippen LogP contribution in [0.4, 0.5) is 14.5 Å². The van der Waals surface area contributed by atoms with Crippen LogP contribution in [-0.4, -0.2) is 32.4 Å². The lowest BCUT2D eigenvalue weighted by molar-refractivity contribution is -0.137. The Morgan fingerprint density at radius 2 is 1.91 bits per heavy atom. The zero-order valence-corrected chi connectivity index (χ0v) is 19.5. The molecule has 10 heteroatoms. The first kappa shape index (κ1) is 24.5. The molecule has 1 heterocycles. The number of halogens is 2.